The molecule has 24 heavy (non-hydrogen) atoms. The summed E-state index contributed by atoms with van der Waals surface area (Å²) in [5.41, 5.74) is 0. The summed E-state index contributed by atoms with van der Waals surface area (Å²) < 4.78 is 39.8. The van der Waals surface area contributed by atoms with Gasteiger partial charge >= 0.3 is 0 Å². The van der Waals surface area contributed by atoms with E-state index in [2.05, 4.69) is 9.88 Å². The van der Waals surface area contributed by atoms with Crippen molar-refractivity contribution >= 4 is 10.0 Å². The third kappa shape index (κ3) is 3.80. The SMILES string of the molecule is COCCN1CCO[C@H]2CN(S(=O)(=O)c3cn(C)cn3)CC[C@@H]2C1. The van der Waals surface area contributed by atoms with Crippen LogP contribution < -0.4 is 0 Å². The van der Waals surface area contributed by atoms with Crippen molar-refractivity contribution < 1.29 is 17.9 Å². The van der Waals surface area contributed by atoms with Crippen LogP contribution in [0, 0.1) is 5.92 Å². The number of hydrogen-bond acceptors (Lipinski definition) is 6. The van der Waals surface area contributed by atoms with E-state index in [9.17, 15) is 8.42 Å². The molecule has 3 heterocycles. The number of sulfonamides is 1. The second-order valence-corrected chi connectivity index (χ2v) is 8.38. The molecule has 2 atom stereocenters. The number of methoxy groups -OCH3 is 1. The summed E-state index contributed by atoms with van der Waals surface area (Å²) >= 11 is 0. The highest BCUT2D eigenvalue weighted by Gasteiger charge is 2.38. The summed E-state index contributed by atoms with van der Waals surface area (Å²) in [5, 5.41) is 0.110. The zero-order valence-corrected chi connectivity index (χ0v) is 15.1. The van der Waals surface area contributed by atoms with Gasteiger partial charge in [-0.15, -0.1) is 0 Å². The molecule has 0 spiro atoms. The molecule has 2 saturated heterocycles. The molecule has 0 saturated carbocycles. The van der Waals surface area contributed by atoms with Gasteiger partial charge in [-0.2, -0.15) is 4.31 Å². The number of fused-ring (bicyclic) bond motifs is 1. The average molecular weight is 358 g/mol. The number of rotatable bonds is 5. The predicted molar refractivity (Wildman–Crippen MR) is 88.1 cm³/mol. The largest absolute Gasteiger partial charge is 0.383 e. The zero-order chi connectivity index (χ0) is 17.2. The highest BCUT2D eigenvalue weighted by atomic mass is 32.2. The first kappa shape index (κ1) is 17.8. The Morgan fingerprint density at radius 3 is 2.92 bits per heavy atom. The summed E-state index contributed by atoms with van der Waals surface area (Å²) in [5.74, 6) is 0.361. The number of piperidine rings is 1. The van der Waals surface area contributed by atoms with E-state index in [1.54, 1.807) is 24.9 Å². The van der Waals surface area contributed by atoms with Crippen LogP contribution in [-0.4, -0.2) is 86.3 Å². The van der Waals surface area contributed by atoms with Gasteiger partial charge in [-0.3, -0.25) is 4.90 Å². The zero-order valence-electron chi connectivity index (χ0n) is 14.3. The van der Waals surface area contributed by atoms with Gasteiger partial charge in [0.1, 0.15) is 0 Å². The molecule has 0 amide bonds. The lowest BCUT2D eigenvalue weighted by atomic mass is 9.94. The Bertz CT molecular complexity index is 648. The van der Waals surface area contributed by atoms with E-state index < -0.39 is 10.0 Å². The molecule has 0 radical (unpaired) electrons. The second kappa shape index (κ2) is 7.49. The fourth-order valence-electron chi connectivity index (χ4n) is 3.39. The standard InChI is InChI=1S/C15H26N4O4S/c1-17-11-15(16-12-17)24(20,21)19-4-3-13-9-18(5-7-22-2)6-8-23-14(13)10-19/h11-14H,3-10H2,1-2H3/t13-,14+/m1/s1. The van der Waals surface area contributed by atoms with E-state index in [0.717, 1.165) is 26.1 Å². The lowest BCUT2D eigenvalue weighted by Gasteiger charge is -2.36. The molecule has 0 N–H and O–H groups in total. The highest BCUT2D eigenvalue weighted by Crippen LogP contribution is 2.27. The van der Waals surface area contributed by atoms with Gasteiger partial charge in [0.05, 0.1) is 25.6 Å². The van der Waals surface area contributed by atoms with E-state index in [4.69, 9.17) is 9.47 Å². The van der Waals surface area contributed by atoms with Crippen molar-refractivity contribution in [1.82, 2.24) is 18.8 Å². The van der Waals surface area contributed by atoms with Crippen LogP contribution in [0.3, 0.4) is 0 Å². The summed E-state index contributed by atoms with van der Waals surface area (Å²) in [4.78, 5) is 6.35. The van der Waals surface area contributed by atoms with E-state index in [0.29, 0.717) is 32.2 Å². The Balaban J connectivity index is 1.66. The average Bonchev–Trinajstić information content (AvgIpc) is 2.90. The lowest BCUT2D eigenvalue weighted by Crippen LogP contribution is -2.49. The van der Waals surface area contributed by atoms with Crippen molar-refractivity contribution in [3.8, 4) is 0 Å². The van der Waals surface area contributed by atoms with Crippen molar-refractivity contribution in [3.05, 3.63) is 12.5 Å². The van der Waals surface area contributed by atoms with Crippen LogP contribution in [0.15, 0.2) is 17.6 Å². The van der Waals surface area contributed by atoms with E-state index in [-0.39, 0.29) is 11.1 Å². The van der Waals surface area contributed by atoms with Crippen molar-refractivity contribution in [2.24, 2.45) is 13.0 Å². The minimum absolute atomic E-state index is 0.0511. The Kier molecular flexibility index (Phi) is 5.56. The Morgan fingerprint density at radius 2 is 2.21 bits per heavy atom. The van der Waals surface area contributed by atoms with Crippen LogP contribution in [0.25, 0.3) is 0 Å². The number of ether oxygens (including phenoxy) is 2. The smallest absolute Gasteiger partial charge is 0.262 e. The van der Waals surface area contributed by atoms with E-state index in [1.807, 2.05) is 0 Å². The molecule has 2 fully saturated rings. The maximum absolute atomic E-state index is 12.7. The molecule has 0 bridgehead atoms. The molecule has 0 aliphatic carbocycles. The molecule has 9 heteroatoms. The van der Waals surface area contributed by atoms with Crippen LogP contribution in [-0.2, 0) is 26.5 Å². The molecule has 0 unspecified atom stereocenters. The third-order valence-corrected chi connectivity index (χ3v) is 6.54. The normalized spacial score (nSPS) is 26.9. The van der Waals surface area contributed by atoms with Crippen LogP contribution in [0.4, 0.5) is 0 Å². The Labute approximate surface area is 143 Å². The molecular weight excluding hydrogens is 332 g/mol. The number of imidazole rings is 1. The van der Waals surface area contributed by atoms with Gasteiger partial charge in [0.15, 0.2) is 5.03 Å². The number of aryl methyl sites for hydroxylation is 1. The first-order chi connectivity index (χ1) is 11.5. The molecule has 0 aromatic carbocycles. The predicted octanol–water partition coefficient (Wildman–Crippen LogP) is -0.222. The molecule has 8 nitrogen and oxygen atoms in total. The summed E-state index contributed by atoms with van der Waals surface area (Å²) in [6.07, 6.45) is 3.81. The second-order valence-electron chi connectivity index (χ2n) is 6.49. The number of nitrogens with zero attached hydrogens (tertiary/aromatic N) is 4. The van der Waals surface area contributed by atoms with Crippen LogP contribution in [0.1, 0.15) is 6.42 Å². The van der Waals surface area contributed by atoms with Crippen LogP contribution in [0.5, 0.6) is 0 Å². The molecule has 2 aliphatic heterocycles. The van der Waals surface area contributed by atoms with Gasteiger partial charge in [0, 0.05) is 59.0 Å². The molecule has 2 aliphatic rings. The Hall–Kier alpha value is -1.00. The first-order valence-corrected chi connectivity index (χ1v) is 9.75. The lowest BCUT2D eigenvalue weighted by molar-refractivity contribution is -0.00196. The van der Waals surface area contributed by atoms with Gasteiger partial charge < -0.3 is 14.0 Å². The fourth-order valence-corrected chi connectivity index (χ4v) is 4.82. The van der Waals surface area contributed by atoms with Crippen LogP contribution in [0.2, 0.25) is 0 Å². The molecule has 3 rings (SSSR count). The van der Waals surface area contributed by atoms with E-state index >= 15 is 0 Å². The monoisotopic (exact) mass is 358 g/mol. The summed E-state index contributed by atoms with van der Waals surface area (Å²) in [7, 11) is -0.0720. The minimum atomic E-state index is -3.54. The van der Waals surface area contributed by atoms with Gasteiger partial charge in [0.25, 0.3) is 10.0 Å². The Morgan fingerprint density at radius 1 is 1.38 bits per heavy atom. The topological polar surface area (TPSA) is 76.9 Å². The third-order valence-electron chi connectivity index (χ3n) is 4.79. The molecule has 136 valence electrons. The van der Waals surface area contributed by atoms with Crippen molar-refractivity contribution in [2.75, 3.05) is 53.0 Å². The maximum Gasteiger partial charge on any atom is 0.262 e. The number of hydrogen-bond donors (Lipinski definition) is 0. The van der Waals surface area contributed by atoms with Crippen LogP contribution >= 0.6 is 0 Å². The first-order valence-electron chi connectivity index (χ1n) is 8.31. The van der Waals surface area contributed by atoms with Crippen molar-refractivity contribution in [3.63, 3.8) is 0 Å². The molecule has 1 aromatic heterocycles. The minimum Gasteiger partial charge on any atom is -0.383 e. The number of aromatic nitrogens is 2. The fraction of sp³-hybridized carbons (Fsp3) is 0.800. The van der Waals surface area contributed by atoms with Gasteiger partial charge in [0.2, 0.25) is 0 Å². The van der Waals surface area contributed by atoms with Gasteiger partial charge in [-0.1, -0.05) is 0 Å². The summed E-state index contributed by atoms with van der Waals surface area (Å²) in [6.45, 7) is 4.94. The maximum atomic E-state index is 12.7. The van der Waals surface area contributed by atoms with Crippen molar-refractivity contribution in [1.29, 1.82) is 0 Å². The molecule has 1 aromatic rings. The highest BCUT2D eigenvalue weighted by molar-refractivity contribution is 7.89. The quantitative estimate of drug-likeness (QED) is 0.724. The summed E-state index contributed by atoms with van der Waals surface area (Å²) in [6, 6.07) is 0. The van der Waals surface area contributed by atoms with Gasteiger partial charge in [-0.25, -0.2) is 13.4 Å². The van der Waals surface area contributed by atoms with Crippen molar-refractivity contribution in [2.45, 2.75) is 17.6 Å². The van der Waals surface area contributed by atoms with Gasteiger partial charge in [-0.05, 0) is 6.42 Å². The van der Waals surface area contributed by atoms with E-state index in [1.165, 1.54) is 10.6 Å². The molecular formula is C15H26N4O4S.